The molecule has 184 valence electrons. The molecular formula is C28H24FN7O. The van der Waals surface area contributed by atoms with Crippen molar-refractivity contribution >= 4 is 22.5 Å². The molecule has 3 aromatic heterocycles. The first-order valence-electron chi connectivity index (χ1n) is 12.1. The first-order valence-corrected chi connectivity index (χ1v) is 12.1. The SMILES string of the molecule is Cc1ccc(-c2nnc([C@H]3C[C@H](NC(=O)c4cccc5cc(N)cnc45)C3)n2-c2ccccc2F)nc1. The molecule has 2 aromatic carbocycles. The number of carbonyl (C=O) groups excluding carboxylic acids is 1. The van der Waals surface area contributed by atoms with E-state index in [1.807, 2.05) is 31.2 Å². The molecule has 0 spiro atoms. The summed E-state index contributed by atoms with van der Waals surface area (Å²) >= 11 is 0. The van der Waals surface area contributed by atoms with Crippen LogP contribution in [0.2, 0.25) is 0 Å². The van der Waals surface area contributed by atoms with E-state index < -0.39 is 0 Å². The fraction of sp³-hybridized carbons (Fsp3) is 0.179. The van der Waals surface area contributed by atoms with Gasteiger partial charge >= 0.3 is 0 Å². The summed E-state index contributed by atoms with van der Waals surface area (Å²) in [5.41, 5.74) is 9.50. The molecule has 1 aliphatic carbocycles. The van der Waals surface area contributed by atoms with E-state index >= 15 is 0 Å². The molecule has 5 aromatic rings. The summed E-state index contributed by atoms with van der Waals surface area (Å²) in [6, 6.07) is 17.6. The summed E-state index contributed by atoms with van der Waals surface area (Å²) in [4.78, 5) is 21.9. The summed E-state index contributed by atoms with van der Waals surface area (Å²) < 4.78 is 16.6. The number of pyridine rings is 2. The molecule has 0 atom stereocenters. The number of amides is 1. The van der Waals surface area contributed by atoms with Crippen LogP contribution in [0.1, 0.15) is 40.5 Å². The number of benzene rings is 2. The highest BCUT2D eigenvalue weighted by atomic mass is 19.1. The minimum absolute atomic E-state index is 0.00189. The second kappa shape index (κ2) is 9.09. The van der Waals surface area contributed by atoms with Crippen LogP contribution < -0.4 is 11.1 Å². The highest BCUT2D eigenvalue weighted by Crippen LogP contribution is 2.39. The maximum atomic E-state index is 14.9. The van der Waals surface area contributed by atoms with Crippen LogP contribution in [0.25, 0.3) is 28.1 Å². The zero-order valence-corrected chi connectivity index (χ0v) is 20.1. The minimum atomic E-state index is -0.370. The van der Waals surface area contributed by atoms with Crippen molar-refractivity contribution in [3.8, 4) is 17.2 Å². The Labute approximate surface area is 212 Å². The number of rotatable bonds is 5. The largest absolute Gasteiger partial charge is 0.397 e. The van der Waals surface area contributed by atoms with E-state index in [1.165, 1.54) is 6.07 Å². The quantitative estimate of drug-likeness (QED) is 0.371. The summed E-state index contributed by atoms with van der Waals surface area (Å²) in [6.07, 6.45) is 4.62. The molecule has 1 aliphatic rings. The van der Waals surface area contributed by atoms with Crippen molar-refractivity contribution in [1.82, 2.24) is 30.0 Å². The van der Waals surface area contributed by atoms with E-state index in [0.29, 0.717) is 52.6 Å². The molecule has 0 radical (unpaired) electrons. The van der Waals surface area contributed by atoms with Crippen molar-refractivity contribution in [2.75, 3.05) is 5.73 Å². The van der Waals surface area contributed by atoms with Gasteiger partial charge in [-0.2, -0.15) is 0 Å². The third kappa shape index (κ3) is 4.18. The number of nitrogen functional groups attached to an aromatic ring is 1. The van der Waals surface area contributed by atoms with Gasteiger partial charge in [0.15, 0.2) is 5.82 Å². The van der Waals surface area contributed by atoms with Crippen molar-refractivity contribution in [2.24, 2.45) is 0 Å². The fourth-order valence-corrected chi connectivity index (χ4v) is 4.77. The molecule has 1 saturated carbocycles. The van der Waals surface area contributed by atoms with Crippen LogP contribution in [0.5, 0.6) is 0 Å². The third-order valence-electron chi connectivity index (χ3n) is 6.74. The number of fused-ring (bicyclic) bond motifs is 1. The molecule has 0 aliphatic heterocycles. The third-order valence-corrected chi connectivity index (χ3v) is 6.74. The van der Waals surface area contributed by atoms with Gasteiger partial charge in [-0.25, -0.2) is 4.39 Å². The molecule has 0 saturated heterocycles. The van der Waals surface area contributed by atoms with Crippen LogP contribution in [0, 0.1) is 12.7 Å². The number of nitrogens with one attached hydrogen (secondary N) is 1. The maximum Gasteiger partial charge on any atom is 0.253 e. The minimum Gasteiger partial charge on any atom is -0.397 e. The first-order chi connectivity index (χ1) is 18.0. The van der Waals surface area contributed by atoms with E-state index in [1.54, 1.807) is 47.3 Å². The molecular weight excluding hydrogens is 469 g/mol. The number of nitrogens with zero attached hydrogens (tertiary/aromatic N) is 5. The molecule has 8 nitrogen and oxygen atoms in total. The van der Waals surface area contributed by atoms with Crippen LogP contribution in [0.3, 0.4) is 0 Å². The van der Waals surface area contributed by atoms with Gasteiger partial charge in [0.25, 0.3) is 5.91 Å². The second-order valence-electron chi connectivity index (χ2n) is 9.37. The Kier molecular flexibility index (Phi) is 5.60. The molecule has 1 fully saturated rings. The standard InChI is InChI=1S/C28H24FN7O/c1-16-9-10-23(31-14-16)27-35-34-26(36(27)24-8-3-2-7-22(24)29)18-12-20(13-18)33-28(37)21-6-4-5-17-11-19(30)15-32-25(17)21/h2-11,14-15,18,20H,12-13,30H2,1H3,(H,33,37)/t18-,20-. The summed E-state index contributed by atoms with van der Waals surface area (Å²) in [5.74, 6) is 0.572. The molecule has 0 unspecified atom stereocenters. The number of nitrogens with two attached hydrogens (primary N) is 1. The van der Waals surface area contributed by atoms with Crippen LogP contribution in [-0.2, 0) is 0 Å². The van der Waals surface area contributed by atoms with Crippen LogP contribution in [0.15, 0.2) is 73.1 Å². The lowest BCUT2D eigenvalue weighted by atomic mass is 9.79. The lowest BCUT2D eigenvalue weighted by molar-refractivity contribution is 0.0908. The number of hydrogen-bond donors (Lipinski definition) is 2. The Morgan fingerprint density at radius 2 is 1.86 bits per heavy atom. The lowest BCUT2D eigenvalue weighted by Crippen LogP contribution is -2.44. The number of anilines is 1. The topological polar surface area (TPSA) is 112 Å². The summed E-state index contributed by atoms with van der Waals surface area (Å²) in [7, 11) is 0. The van der Waals surface area contributed by atoms with Gasteiger partial charge in [0.2, 0.25) is 0 Å². The van der Waals surface area contributed by atoms with Gasteiger partial charge in [0, 0.05) is 23.5 Å². The average Bonchev–Trinajstić information content (AvgIpc) is 3.30. The van der Waals surface area contributed by atoms with Crippen molar-refractivity contribution in [3.05, 3.63) is 95.8 Å². The monoisotopic (exact) mass is 493 g/mol. The van der Waals surface area contributed by atoms with Crippen molar-refractivity contribution in [2.45, 2.75) is 31.7 Å². The molecule has 9 heteroatoms. The molecule has 0 bridgehead atoms. The Hall–Kier alpha value is -4.66. The van der Waals surface area contributed by atoms with Crippen molar-refractivity contribution < 1.29 is 9.18 Å². The zero-order valence-electron chi connectivity index (χ0n) is 20.1. The number of aromatic nitrogens is 5. The normalized spacial score (nSPS) is 16.9. The summed E-state index contributed by atoms with van der Waals surface area (Å²) in [5, 5.41) is 12.8. The lowest BCUT2D eigenvalue weighted by Gasteiger charge is -2.35. The van der Waals surface area contributed by atoms with Crippen molar-refractivity contribution in [3.63, 3.8) is 0 Å². The highest BCUT2D eigenvalue weighted by Gasteiger charge is 2.36. The predicted molar refractivity (Wildman–Crippen MR) is 139 cm³/mol. The Balaban J connectivity index is 1.26. The average molecular weight is 494 g/mol. The second-order valence-corrected chi connectivity index (χ2v) is 9.37. The van der Waals surface area contributed by atoms with E-state index in [-0.39, 0.29) is 23.7 Å². The van der Waals surface area contributed by atoms with Crippen LogP contribution in [-0.4, -0.2) is 36.7 Å². The van der Waals surface area contributed by atoms with Gasteiger partial charge in [-0.3, -0.25) is 19.3 Å². The smallest absolute Gasteiger partial charge is 0.253 e. The van der Waals surface area contributed by atoms with Gasteiger partial charge in [-0.1, -0.05) is 30.3 Å². The first kappa shape index (κ1) is 22.8. The van der Waals surface area contributed by atoms with Gasteiger partial charge in [-0.15, -0.1) is 10.2 Å². The molecule has 6 rings (SSSR count). The number of halogens is 1. The maximum absolute atomic E-state index is 14.9. The van der Waals surface area contributed by atoms with Crippen molar-refractivity contribution in [1.29, 1.82) is 0 Å². The molecule has 1 amide bonds. The van der Waals surface area contributed by atoms with Gasteiger partial charge < -0.3 is 11.1 Å². The Bertz CT molecular complexity index is 1620. The van der Waals surface area contributed by atoms with E-state index in [2.05, 4.69) is 25.5 Å². The van der Waals surface area contributed by atoms with E-state index in [4.69, 9.17) is 5.73 Å². The zero-order chi connectivity index (χ0) is 25.5. The van der Waals surface area contributed by atoms with E-state index in [9.17, 15) is 9.18 Å². The van der Waals surface area contributed by atoms with Gasteiger partial charge in [-0.05, 0) is 55.7 Å². The Morgan fingerprint density at radius 3 is 2.65 bits per heavy atom. The van der Waals surface area contributed by atoms with Crippen LogP contribution in [0.4, 0.5) is 10.1 Å². The number of para-hydroxylation sites is 2. The highest BCUT2D eigenvalue weighted by molar-refractivity contribution is 6.06. The van der Waals surface area contributed by atoms with E-state index in [0.717, 1.165) is 10.9 Å². The molecule has 37 heavy (non-hydrogen) atoms. The Morgan fingerprint density at radius 1 is 1.03 bits per heavy atom. The molecule has 3 heterocycles. The number of carbonyl (C=O) groups is 1. The number of aryl methyl sites for hydroxylation is 1. The predicted octanol–water partition coefficient (Wildman–Crippen LogP) is 4.58. The van der Waals surface area contributed by atoms with Crippen LogP contribution >= 0.6 is 0 Å². The number of hydrogen-bond acceptors (Lipinski definition) is 6. The molecule has 3 N–H and O–H groups in total. The van der Waals surface area contributed by atoms with Gasteiger partial charge in [0.1, 0.15) is 17.3 Å². The summed E-state index contributed by atoms with van der Waals surface area (Å²) in [6.45, 7) is 1.95. The van der Waals surface area contributed by atoms with Gasteiger partial charge in [0.05, 0.1) is 28.7 Å². The fourth-order valence-electron chi connectivity index (χ4n) is 4.77.